The fourth-order valence-corrected chi connectivity index (χ4v) is 2.46. The highest BCUT2D eigenvalue weighted by Gasteiger charge is 2.54. The van der Waals surface area contributed by atoms with Crippen LogP contribution in [0.5, 0.6) is 0 Å². The van der Waals surface area contributed by atoms with Crippen molar-refractivity contribution in [2.24, 2.45) is 11.3 Å². The molecule has 46 valence electrons. The Morgan fingerprint density at radius 3 is 2.75 bits per heavy atom. The predicted molar refractivity (Wildman–Crippen MR) is 34.7 cm³/mol. The molecule has 0 saturated heterocycles. The van der Waals surface area contributed by atoms with Crippen molar-refractivity contribution >= 4 is 0 Å². The van der Waals surface area contributed by atoms with Crippen molar-refractivity contribution in [3.05, 3.63) is 0 Å². The summed E-state index contributed by atoms with van der Waals surface area (Å²) in [7, 11) is 0. The summed E-state index contributed by atoms with van der Waals surface area (Å²) in [5, 5.41) is 0. The van der Waals surface area contributed by atoms with Gasteiger partial charge in [-0.05, 0) is 30.6 Å². The third-order valence-electron chi connectivity index (χ3n) is 3.29. The monoisotopic (exact) mass is 110 g/mol. The lowest BCUT2D eigenvalue weighted by Crippen LogP contribution is -1.93. The van der Waals surface area contributed by atoms with Gasteiger partial charge in [-0.2, -0.15) is 0 Å². The molecule has 2 rings (SSSR count). The van der Waals surface area contributed by atoms with E-state index in [0.717, 1.165) is 5.41 Å². The van der Waals surface area contributed by atoms with E-state index in [9.17, 15) is 0 Å². The molecule has 0 heteroatoms. The molecule has 0 N–H and O–H groups in total. The third kappa shape index (κ3) is 0.416. The molecule has 0 aromatic carbocycles. The van der Waals surface area contributed by atoms with Crippen molar-refractivity contribution in [3.8, 4) is 0 Å². The summed E-state index contributed by atoms with van der Waals surface area (Å²) in [6.45, 7) is 2.35. The summed E-state index contributed by atoms with van der Waals surface area (Å²) in [4.78, 5) is 0. The van der Waals surface area contributed by atoms with Crippen molar-refractivity contribution in [3.63, 3.8) is 0 Å². The van der Waals surface area contributed by atoms with Gasteiger partial charge in [-0.1, -0.05) is 19.8 Å². The van der Waals surface area contributed by atoms with Gasteiger partial charge in [0.2, 0.25) is 0 Å². The maximum atomic E-state index is 2.35. The van der Waals surface area contributed by atoms with Gasteiger partial charge in [-0.3, -0.25) is 0 Å². The molecule has 2 unspecified atom stereocenters. The lowest BCUT2D eigenvalue weighted by Gasteiger charge is -2.04. The van der Waals surface area contributed by atoms with E-state index in [1.165, 1.54) is 18.8 Å². The van der Waals surface area contributed by atoms with E-state index in [1.54, 1.807) is 19.3 Å². The standard InChI is InChI=1S/C8H14/c1-2-8-5-3-4-7(8)6-8/h7H,2-6H2,1H3. The van der Waals surface area contributed by atoms with Crippen LogP contribution >= 0.6 is 0 Å². The first-order valence-corrected chi connectivity index (χ1v) is 3.87. The molecule has 0 radical (unpaired) electrons. The van der Waals surface area contributed by atoms with Crippen LogP contribution in [0.25, 0.3) is 0 Å². The van der Waals surface area contributed by atoms with Crippen LogP contribution in [-0.4, -0.2) is 0 Å². The zero-order valence-electron chi connectivity index (χ0n) is 5.61. The fraction of sp³-hybridized carbons (Fsp3) is 1.00. The molecular formula is C8H14. The summed E-state index contributed by atoms with van der Waals surface area (Å²) in [5.74, 6) is 1.17. The molecular weight excluding hydrogens is 96.1 g/mol. The van der Waals surface area contributed by atoms with Crippen LogP contribution < -0.4 is 0 Å². The number of fused-ring (bicyclic) bond motifs is 1. The molecule has 2 fully saturated rings. The van der Waals surface area contributed by atoms with Gasteiger partial charge in [0.05, 0.1) is 0 Å². The number of rotatable bonds is 1. The minimum atomic E-state index is 0.903. The Labute approximate surface area is 51.3 Å². The predicted octanol–water partition coefficient (Wildman–Crippen LogP) is 2.59. The lowest BCUT2D eigenvalue weighted by atomic mass is 10.0. The van der Waals surface area contributed by atoms with E-state index in [0.29, 0.717) is 0 Å². The smallest absolute Gasteiger partial charge is 0.0269 e. The van der Waals surface area contributed by atoms with E-state index in [2.05, 4.69) is 6.92 Å². The van der Waals surface area contributed by atoms with Gasteiger partial charge in [0, 0.05) is 0 Å². The largest absolute Gasteiger partial charge is 0.0648 e. The van der Waals surface area contributed by atoms with Crippen molar-refractivity contribution < 1.29 is 0 Å². The van der Waals surface area contributed by atoms with Gasteiger partial charge < -0.3 is 0 Å². The van der Waals surface area contributed by atoms with E-state index < -0.39 is 0 Å². The van der Waals surface area contributed by atoms with Crippen LogP contribution in [0.1, 0.15) is 39.0 Å². The zero-order valence-corrected chi connectivity index (χ0v) is 5.61. The number of hydrogen-bond donors (Lipinski definition) is 0. The highest BCUT2D eigenvalue weighted by atomic mass is 14.6. The van der Waals surface area contributed by atoms with Crippen LogP contribution in [0.3, 0.4) is 0 Å². The van der Waals surface area contributed by atoms with E-state index in [1.807, 2.05) is 0 Å². The first kappa shape index (κ1) is 4.84. The van der Waals surface area contributed by atoms with Crippen molar-refractivity contribution in [1.29, 1.82) is 0 Å². The summed E-state index contributed by atoms with van der Waals surface area (Å²) in [6, 6.07) is 0. The molecule has 2 aliphatic carbocycles. The van der Waals surface area contributed by atoms with Gasteiger partial charge in [-0.25, -0.2) is 0 Å². The second-order valence-corrected chi connectivity index (χ2v) is 3.51. The van der Waals surface area contributed by atoms with Crippen LogP contribution in [0.15, 0.2) is 0 Å². The minimum absolute atomic E-state index is 0.903. The van der Waals surface area contributed by atoms with Gasteiger partial charge in [0.1, 0.15) is 0 Å². The van der Waals surface area contributed by atoms with Crippen molar-refractivity contribution in [1.82, 2.24) is 0 Å². The maximum Gasteiger partial charge on any atom is -0.0269 e. The van der Waals surface area contributed by atoms with Crippen LogP contribution in [0, 0.1) is 11.3 Å². The molecule has 0 bridgehead atoms. The van der Waals surface area contributed by atoms with Crippen molar-refractivity contribution in [2.45, 2.75) is 39.0 Å². The van der Waals surface area contributed by atoms with Gasteiger partial charge in [0.15, 0.2) is 0 Å². The molecule has 0 aromatic heterocycles. The molecule has 0 aliphatic heterocycles. The Balaban J connectivity index is 2.08. The Bertz CT molecular complexity index is 103. The molecule has 8 heavy (non-hydrogen) atoms. The molecule has 0 nitrogen and oxygen atoms in total. The molecule has 2 atom stereocenters. The molecule has 0 heterocycles. The first-order valence-electron chi connectivity index (χ1n) is 3.87. The van der Waals surface area contributed by atoms with E-state index in [-0.39, 0.29) is 0 Å². The summed E-state index contributed by atoms with van der Waals surface area (Å²) >= 11 is 0. The Morgan fingerprint density at radius 1 is 1.62 bits per heavy atom. The quantitative estimate of drug-likeness (QED) is 0.486. The molecule has 0 amide bonds. The molecule has 0 aromatic rings. The highest BCUT2D eigenvalue weighted by Crippen LogP contribution is 2.65. The third-order valence-corrected chi connectivity index (χ3v) is 3.29. The SMILES string of the molecule is CCC12CCCC1C2. The van der Waals surface area contributed by atoms with E-state index >= 15 is 0 Å². The average Bonchev–Trinajstić information content (AvgIpc) is 2.38. The Kier molecular flexibility index (Phi) is 0.778. The molecule has 2 saturated carbocycles. The number of hydrogen-bond acceptors (Lipinski definition) is 0. The molecule has 2 aliphatic rings. The Hall–Kier alpha value is 0. The summed E-state index contributed by atoms with van der Waals surface area (Å²) < 4.78 is 0. The topological polar surface area (TPSA) is 0 Å². The first-order chi connectivity index (χ1) is 3.87. The summed E-state index contributed by atoms with van der Waals surface area (Å²) in [5.41, 5.74) is 0.903. The van der Waals surface area contributed by atoms with Crippen LogP contribution in [0.4, 0.5) is 0 Å². The zero-order chi connectivity index (χ0) is 5.61. The average molecular weight is 110 g/mol. The molecule has 0 spiro atoms. The second kappa shape index (κ2) is 1.29. The summed E-state index contributed by atoms with van der Waals surface area (Å²) in [6.07, 6.45) is 7.65. The van der Waals surface area contributed by atoms with Crippen LogP contribution in [0.2, 0.25) is 0 Å². The van der Waals surface area contributed by atoms with Crippen LogP contribution in [-0.2, 0) is 0 Å². The highest BCUT2D eigenvalue weighted by molar-refractivity contribution is 5.05. The normalized spacial score (nSPS) is 51.4. The van der Waals surface area contributed by atoms with Gasteiger partial charge in [-0.15, -0.1) is 0 Å². The van der Waals surface area contributed by atoms with Crippen molar-refractivity contribution in [2.75, 3.05) is 0 Å². The van der Waals surface area contributed by atoms with Gasteiger partial charge >= 0.3 is 0 Å². The van der Waals surface area contributed by atoms with E-state index in [4.69, 9.17) is 0 Å². The second-order valence-electron chi connectivity index (χ2n) is 3.51. The lowest BCUT2D eigenvalue weighted by molar-refractivity contribution is 0.470. The van der Waals surface area contributed by atoms with Gasteiger partial charge in [0.25, 0.3) is 0 Å². The minimum Gasteiger partial charge on any atom is -0.0648 e. The fourth-order valence-electron chi connectivity index (χ4n) is 2.46. The maximum absolute atomic E-state index is 2.35. The Morgan fingerprint density at radius 2 is 2.50 bits per heavy atom.